The van der Waals surface area contributed by atoms with Crippen LogP contribution in [-0.2, 0) is 4.79 Å². The molecule has 1 N–H and O–H groups in total. The van der Waals surface area contributed by atoms with Crippen LogP contribution in [-0.4, -0.2) is 52.6 Å². The second-order valence-corrected chi connectivity index (χ2v) is 6.94. The van der Waals surface area contributed by atoms with Crippen molar-refractivity contribution in [1.82, 2.24) is 9.80 Å². The van der Waals surface area contributed by atoms with Gasteiger partial charge in [0, 0.05) is 18.8 Å². The molecule has 0 spiro atoms. The quantitative estimate of drug-likeness (QED) is 0.579. The Morgan fingerprint density at radius 1 is 1.29 bits per heavy atom. The number of likely N-dealkylation sites (tertiary alicyclic amines) is 1. The second kappa shape index (κ2) is 7.30. The first kappa shape index (κ1) is 16.3. The standard InChI is InChI=1S/C17H30N2O2/c1-13(2)6-4-5-7-16(19-12-14(19)3)17(21)18-10-8-15(20)9-11-18/h13,15-16,20H,3-12H2,1-2H3. The summed E-state index contributed by atoms with van der Waals surface area (Å²) in [6.07, 6.45) is 5.67. The maximum Gasteiger partial charge on any atom is 0.245 e. The van der Waals surface area contributed by atoms with Crippen LogP contribution >= 0.6 is 0 Å². The molecule has 1 atom stereocenters. The van der Waals surface area contributed by atoms with E-state index < -0.39 is 0 Å². The molecule has 0 aromatic rings. The molecule has 2 aliphatic rings. The average Bonchev–Trinajstić information content (AvgIpc) is 3.15. The summed E-state index contributed by atoms with van der Waals surface area (Å²) in [6.45, 7) is 10.7. The number of carbonyl (C=O) groups is 1. The predicted molar refractivity (Wildman–Crippen MR) is 84.8 cm³/mol. The zero-order chi connectivity index (χ0) is 15.4. The number of carbonyl (C=O) groups excluding carboxylic acids is 1. The van der Waals surface area contributed by atoms with Gasteiger partial charge in [0.15, 0.2) is 0 Å². The van der Waals surface area contributed by atoms with Crippen molar-refractivity contribution in [2.75, 3.05) is 19.6 Å². The highest BCUT2D eigenvalue weighted by atomic mass is 16.3. The molecule has 0 radical (unpaired) electrons. The fraction of sp³-hybridized carbons (Fsp3) is 0.824. The molecule has 4 heteroatoms. The van der Waals surface area contributed by atoms with Crippen LogP contribution in [0.2, 0.25) is 0 Å². The van der Waals surface area contributed by atoms with Crippen LogP contribution in [0.3, 0.4) is 0 Å². The van der Waals surface area contributed by atoms with Gasteiger partial charge in [-0.25, -0.2) is 0 Å². The number of amides is 1. The molecule has 0 aromatic carbocycles. The molecule has 2 rings (SSSR count). The minimum absolute atomic E-state index is 0.0140. The van der Waals surface area contributed by atoms with Gasteiger partial charge in [0.2, 0.25) is 5.91 Å². The second-order valence-electron chi connectivity index (χ2n) is 6.94. The van der Waals surface area contributed by atoms with Crippen LogP contribution in [0.4, 0.5) is 0 Å². The van der Waals surface area contributed by atoms with Crippen molar-refractivity contribution in [2.24, 2.45) is 5.92 Å². The smallest absolute Gasteiger partial charge is 0.245 e. The van der Waals surface area contributed by atoms with E-state index in [2.05, 4.69) is 25.3 Å². The lowest BCUT2D eigenvalue weighted by molar-refractivity contribution is -0.137. The van der Waals surface area contributed by atoms with E-state index in [1.165, 1.54) is 12.8 Å². The summed E-state index contributed by atoms with van der Waals surface area (Å²) < 4.78 is 0. The minimum atomic E-state index is -0.227. The topological polar surface area (TPSA) is 43.5 Å². The van der Waals surface area contributed by atoms with E-state index in [1.807, 2.05) is 4.90 Å². The van der Waals surface area contributed by atoms with Crippen LogP contribution in [0.25, 0.3) is 0 Å². The molecule has 2 fully saturated rings. The summed E-state index contributed by atoms with van der Waals surface area (Å²) in [5, 5.41) is 9.57. The Morgan fingerprint density at radius 2 is 1.86 bits per heavy atom. The van der Waals surface area contributed by atoms with Gasteiger partial charge in [0.25, 0.3) is 0 Å². The van der Waals surface area contributed by atoms with Crippen LogP contribution < -0.4 is 0 Å². The number of hydrogen-bond donors (Lipinski definition) is 1. The van der Waals surface area contributed by atoms with E-state index in [4.69, 9.17) is 0 Å². The van der Waals surface area contributed by atoms with Gasteiger partial charge in [-0.15, -0.1) is 0 Å². The number of unbranched alkanes of at least 4 members (excludes halogenated alkanes) is 1. The Kier molecular flexibility index (Phi) is 5.68. The first-order valence-electron chi connectivity index (χ1n) is 8.40. The van der Waals surface area contributed by atoms with Gasteiger partial charge in [-0.1, -0.05) is 39.7 Å². The van der Waals surface area contributed by atoms with E-state index >= 15 is 0 Å². The maximum absolute atomic E-state index is 12.7. The molecule has 1 unspecified atom stereocenters. The molecule has 0 aromatic heterocycles. The Hall–Kier alpha value is -1.03. The van der Waals surface area contributed by atoms with Gasteiger partial charge in [0.05, 0.1) is 12.6 Å². The zero-order valence-corrected chi connectivity index (χ0v) is 13.6. The van der Waals surface area contributed by atoms with E-state index in [9.17, 15) is 9.90 Å². The molecule has 2 saturated heterocycles. The van der Waals surface area contributed by atoms with Crippen LogP contribution in [0.15, 0.2) is 12.3 Å². The van der Waals surface area contributed by atoms with E-state index in [1.54, 1.807) is 0 Å². The van der Waals surface area contributed by atoms with Gasteiger partial charge >= 0.3 is 0 Å². The van der Waals surface area contributed by atoms with Crippen LogP contribution in [0, 0.1) is 5.92 Å². The lowest BCUT2D eigenvalue weighted by atomic mass is 10.0. The highest BCUT2D eigenvalue weighted by molar-refractivity contribution is 5.82. The fourth-order valence-corrected chi connectivity index (χ4v) is 3.09. The number of piperidine rings is 1. The van der Waals surface area contributed by atoms with Gasteiger partial charge in [-0.05, 0) is 25.2 Å². The van der Waals surface area contributed by atoms with Crippen molar-refractivity contribution >= 4 is 5.91 Å². The summed E-state index contributed by atoms with van der Waals surface area (Å²) in [5.74, 6) is 0.976. The van der Waals surface area contributed by atoms with Crippen LogP contribution in [0.1, 0.15) is 52.4 Å². The molecular formula is C17H30N2O2. The lowest BCUT2D eigenvalue weighted by Gasteiger charge is -2.33. The fourth-order valence-electron chi connectivity index (χ4n) is 3.09. The van der Waals surface area contributed by atoms with Gasteiger partial charge < -0.3 is 14.9 Å². The average molecular weight is 294 g/mol. The highest BCUT2D eigenvalue weighted by Crippen LogP contribution is 2.29. The largest absolute Gasteiger partial charge is 0.393 e. The third kappa shape index (κ3) is 4.73. The summed E-state index contributed by atoms with van der Waals surface area (Å²) in [7, 11) is 0. The monoisotopic (exact) mass is 294 g/mol. The zero-order valence-electron chi connectivity index (χ0n) is 13.6. The Morgan fingerprint density at radius 3 is 2.38 bits per heavy atom. The number of rotatable bonds is 7. The summed E-state index contributed by atoms with van der Waals surface area (Å²) >= 11 is 0. The molecule has 4 nitrogen and oxygen atoms in total. The normalized spacial score (nSPS) is 21.0. The van der Waals surface area contributed by atoms with Crippen molar-refractivity contribution in [3.8, 4) is 0 Å². The summed E-state index contributed by atoms with van der Waals surface area (Å²) in [4.78, 5) is 16.8. The first-order chi connectivity index (χ1) is 9.99. The first-order valence-corrected chi connectivity index (χ1v) is 8.40. The Balaban J connectivity index is 1.84. The van der Waals surface area contributed by atoms with Crippen molar-refractivity contribution < 1.29 is 9.90 Å². The predicted octanol–water partition coefficient (Wildman–Crippen LogP) is 2.38. The molecular weight excluding hydrogens is 264 g/mol. The van der Waals surface area contributed by atoms with Gasteiger partial charge in [-0.3, -0.25) is 4.79 Å². The molecule has 120 valence electrons. The van der Waals surface area contributed by atoms with Crippen LogP contribution in [0.5, 0.6) is 0 Å². The molecule has 0 aliphatic carbocycles. The molecule has 1 amide bonds. The maximum atomic E-state index is 12.7. The number of aliphatic hydroxyl groups is 1. The molecule has 21 heavy (non-hydrogen) atoms. The van der Waals surface area contributed by atoms with E-state index in [0.29, 0.717) is 25.9 Å². The Bertz CT molecular complexity index is 373. The SMILES string of the molecule is C=C1CN1C(CCCCC(C)C)C(=O)N1CCC(O)CC1. The minimum Gasteiger partial charge on any atom is -0.393 e. The summed E-state index contributed by atoms with van der Waals surface area (Å²) in [5.41, 5.74) is 1.09. The Labute approximate surface area is 128 Å². The van der Waals surface area contributed by atoms with Crippen molar-refractivity contribution in [3.05, 3.63) is 12.3 Å². The highest BCUT2D eigenvalue weighted by Gasteiger charge is 2.38. The lowest BCUT2D eigenvalue weighted by Crippen LogP contribution is -2.47. The summed E-state index contributed by atoms with van der Waals surface area (Å²) in [6, 6.07) is -0.0140. The van der Waals surface area contributed by atoms with Gasteiger partial charge in [0.1, 0.15) is 6.04 Å². The third-order valence-electron chi connectivity index (χ3n) is 4.60. The molecule has 2 heterocycles. The van der Waals surface area contributed by atoms with Crippen molar-refractivity contribution in [1.29, 1.82) is 0 Å². The molecule has 0 bridgehead atoms. The van der Waals surface area contributed by atoms with E-state index in [-0.39, 0.29) is 18.1 Å². The number of aliphatic hydroxyl groups excluding tert-OH is 1. The number of nitrogens with zero attached hydrogens (tertiary/aromatic N) is 2. The van der Waals surface area contributed by atoms with Gasteiger partial charge in [-0.2, -0.15) is 0 Å². The van der Waals surface area contributed by atoms with Crippen molar-refractivity contribution in [2.45, 2.75) is 64.5 Å². The van der Waals surface area contributed by atoms with Crippen molar-refractivity contribution in [3.63, 3.8) is 0 Å². The third-order valence-corrected chi connectivity index (χ3v) is 4.60. The number of hydrogen-bond acceptors (Lipinski definition) is 3. The molecule has 0 saturated carbocycles. The molecule has 2 aliphatic heterocycles. The van der Waals surface area contributed by atoms with E-state index in [0.717, 1.165) is 31.0 Å².